The molecule has 4 nitrogen and oxygen atoms in total. The number of aliphatic carboxylic acids is 1. The summed E-state index contributed by atoms with van der Waals surface area (Å²) in [6.45, 7) is 2.79. The number of carboxylic acid groups (broad SMARTS) is 1. The Hall–Kier alpha value is -1.84. The van der Waals surface area contributed by atoms with E-state index in [-0.39, 0.29) is 5.56 Å². The van der Waals surface area contributed by atoms with E-state index in [1.54, 1.807) is 22.9 Å². The van der Waals surface area contributed by atoms with Crippen LogP contribution >= 0.6 is 0 Å². The molecule has 1 aromatic rings. The smallest absolute Gasteiger partial charge is 0.328 e. The molecule has 4 heteroatoms. The highest BCUT2D eigenvalue weighted by Crippen LogP contribution is 1.99. The third-order valence-corrected chi connectivity index (χ3v) is 2.46. The van der Waals surface area contributed by atoms with Crippen molar-refractivity contribution >= 4 is 12.0 Å². The first kappa shape index (κ1) is 13.2. The molecule has 0 saturated heterocycles. The number of nitrogens with zero attached hydrogens (tertiary/aromatic N) is 1. The van der Waals surface area contributed by atoms with Crippen molar-refractivity contribution in [2.75, 3.05) is 0 Å². The van der Waals surface area contributed by atoms with Gasteiger partial charge in [-0.25, -0.2) is 4.79 Å². The second kappa shape index (κ2) is 6.68. The lowest BCUT2D eigenvalue weighted by molar-refractivity contribution is -0.131. The van der Waals surface area contributed by atoms with Gasteiger partial charge in [0.05, 0.1) is 0 Å². The Bertz CT molecular complexity index is 460. The Labute approximate surface area is 100 Å². The van der Waals surface area contributed by atoms with Gasteiger partial charge in [-0.2, -0.15) is 0 Å². The fraction of sp³-hybridized carbons (Fsp3) is 0.385. The lowest BCUT2D eigenvalue weighted by Crippen LogP contribution is -2.21. The molecule has 92 valence electrons. The minimum absolute atomic E-state index is 0.138. The predicted molar refractivity (Wildman–Crippen MR) is 66.9 cm³/mol. The monoisotopic (exact) mass is 235 g/mol. The van der Waals surface area contributed by atoms with Crippen LogP contribution in [0.5, 0.6) is 0 Å². The summed E-state index contributed by atoms with van der Waals surface area (Å²) < 4.78 is 1.62. The molecule has 0 atom stereocenters. The summed E-state index contributed by atoms with van der Waals surface area (Å²) in [4.78, 5) is 22.3. The predicted octanol–water partition coefficient (Wildman–Crippen LogP) is 2.14. The summed E-state index contributed by atoms with van der Waals surface area (Å²) in [5, 5.41) is 8.51. The van der Waals surface area contributed by atoms with E-state index in [0.29, 0.717) is 12.1 Å². The lowest BCUT2D eigenvalue weighted by atomic mass is 10.2. The largest absolute Gasteiger partial charge is 0.478 e. The summed E-state index contributed by atoms with van der Waals surface area (Å²) in [6, 6.07) is 3.38. The maximum Gasteiger partial charge on any atom is 0.328 e. The first-order valence-corrected chi connectivity index (χ1v) is 5.75. The molecule has 0 aliphatic heterocycles. The van der Waals surface area contributed by atoms with Crippen molar-refractivity contribution < 1.29 is 9.90 Å². The molecule has 0 amide bonds. The lowest BCUT2D eigenvalue weighted by Gasteiger charge is -2.05. The van der Waals surface area contributed by atoms with Crippen molar-refractivity contribution in [3.8, 4) is 0 Å². The van der Waals surface area contributed by atoms with Gasteiger partial charge in [0.15, 0.2) is 0 Å². The number of carbonyl (C=O) groups is 1. The zero-order valence-corrected chi connectivity index (χ0v) is 9.93. The number of hydrogen-bond donors (Lipinski definition) is 1. The van der Waals surface area contributed by atoms with Crippen molar-refractivity contribution in [3.63, 3.8) is 0 Å². The summed E-state index contributed by atoms with van der Waals surface area (Å²) in [7, 11) is 0. The van der Waals surface area contributed by atoms with Gasteiger partial charge in [-0.1, -0.05) is 19.8 Å². The first-order chi connectivity index (χ1) is 8.15. The van der Waals surface area contributed by atoms with Gasteiger partial charge in [0, 0.05) is 24.4 Å². The number of rotatable bonds is 6. The van der Waals surface area contributed by atoms with E-state index in [0.717, 1.165) is 25.3 Å². The standard InChI is InChI=1S/C13H17NO3/c1-2-3-4-9-14-10-5-6-11(13(14)17)7-8-12(15)16/h5-8,10H,2-4,9H2,1H3,(H,15,16)/b8-7+. The van der Waals surface area contributed by atoms with Crippen molar-refractivity contribution in [2.24, 2.45) is 0 Å². The molecule has 0 aromatic carbocycles. The third kappa shape index (κ3) is 4.26. The molecule has 0 unspecified atom stereocenters. The van der Waals surface area contributed by atoms with Crippen LogP contribution < -0.4 is 5.56 Å². The van der Waals surface area contributed by atoms with Gasteiger partial charge in [-0.3, -0.25) is 4.79 Å². The maximum absolute atomic E-state index is 11.9. The molecule has 17 heavy (non-hydrogen) atoms. The van der Waals surface area contributed by atoms with Crippen molar-refractivity contribution in [1.29, 1.82) is 0 Å². The van der Waals surface area contributed by atoms with Crippen LogP contribution in [-0.2, 0) is 11.3 Å². The zero-order chi connectivity index (χ0) is 12.7. The Morgan fingerprint density at radius 2 is 2.24 bits per heavy atom. The minimum atomic E-state index is -1.05. The van der Waals surface area contributed by atoms with E-state index in [2.05, 4.69) is 6.92 Å². The quantitative estimate of drug-likeness (QED) is 0.607. The summed E-state index contributed by atoms with van der Waals surface area (Å²) in [5.74, 6) is -1.05. The first-order valence-electron chi connectivity index (χ1n) is 5.75. The van der Waals surface area contributed by atoms with E-state index in [1.807, 2.05) is 0 Å². The molecule has 0 spiro atoms. The second-order valence-corrected chi connectivity index (χ2v) is 3.84. The molecule has 0 radical (unpaired) electrons. The van der Waals surface area contributed by atoms with Gasteiger partial charge in [-0.05, 0) is 24.6 Å². The Morgan fingerprint density at radius 1 is 1.47 bits per heavy atom. The normalized spacial score (nSPS) is 10.9. The van der Waals surface area contributed by atoms with Crippen LogP contribution in [0.2, 0.25) is 0 Å². The van der Waals surface area contributed by atoms with E-state index in [9.17, 15) is 9.59 Å². The minimum Gasteiger partial charge on any atom is -0.478 e. The molecule has 1 N–H and O–H groups in total. The van der Waals surface area contributed by atoms with Gasteiger partial charge >= 0.3 is 5.97 Å². The van der Waals surface area contributed by atoms with Gasteiger partial charge in [0.2, 0.25) is 0 Å². The number of pyridine rings is 1. The van der Waals surface area contributed by atoms with E-state index in [1.165, 1.54) is 6.08 Å². The molecule has 0 aliphatic carbocycles. The molecule has 0 saturated carbocycles. The number of carboxylic acids is 1. The summed E-state index contributed by atoms with van der Waals surface area (Å²) >= 11 is 0. The highest BCUT2D eigenvalue weighted by atomic mass is 16.4. The molecule has 1 heterocycles. The van der Waals surface area contributed by atoms with Gasteiger partial charge < -0.3 is 9.67 Å². The maximum atomic E-state index is 11.9. The molecule has 1 rings (SSSR count). The van der Waals surface area contributed by atoms with Gasteiger partial charge in [-0.15, -0.1) is 0 Å². The molecule has 0 aliphatic rings. The summed E-state index contributed by atoms with van der Waals surface area (Å²) in [6.07, 6.45) is 7.20. The Kier molecular flexibility index (Phi) is 5.20. The molecule has 1 aromatic heterocycles. The number of aromatic nitrogens is 1. The number of aryl methyl sites for hydroxylation is 1. The van der Waals surface area contributed by atoms with Crippen LogP contribution in [0.25, 0.3) is 6.08 Å². The molecular weight excluding hydrogens is 218 g/mol. The molecular formula is C13H17NO3. The van der Waals surface area contributed by atoms with Gasteiger partial charge in [0.1, 0.15) is 0 Å². The van der Waals surface area contributed by atoms with Crippen LogP contribution in [0.1, 0.15) is 31.7 Å². The van der Waals surface area contributed by atoms with E-state index in [4.69, 9.17) is 5.11 Å². The fourth-order valence-corrected chi connectivity index (χ4v) is 1.55. The fourth-order valence-electron chi connectivity index (χ4n) is 1.55. The van der Waals surface area contributed by atoms with Crippen LogP contribution in [0.3, 0.4) is 0 Å². The van der Waals surface area contributed by atoms with Crippen molar-refractivity contribution in [2.45, 2.75) is 32.7 Å². The topological polar surface area (TPSA) is 59.3 Å². The molecule has 0 fully saturated rings. The van der Waals surface area contributed by atoms with Crippen LogP contribution in [-0.4, -0.2) is 15.6 Å². The van der Waals surface area contributed by atoms with Crippen molar-refractivity contribution in [3.05, 3.63) is 40.3 Å². The van der Waals surface area contributed by atoms with Crippen molar-refractivity contribution in [1.82, 2.24) is 4.57 Å². The third-order valence-electron chi connectivity index (χ3n) is 2.46. The van der Waals surface area contributed by atoms with Crippen LogP contribution in [0.4, 0.5) is 0 Å². The second-order valence-electron chi connectivity index (χ2n) is 3.84. The average molecular weight is 235 g/mol. The Balaban J connectivity index is 2.84. The Morgan fingerprint density at radius 3 is 2.88 bits per heavy atom. The number of hydrogen-bond acceptors (Lipinski definition) is 2. The highest BCUT2D eigenvalue weighted by Gasteiger charge is 2.00. The molecule has 0 bridgehead atoms. The number of unbranched alkanes of at least 4 members (excludes halogenated alkanes) is 2. The van der Waals surface area contributed by atoms with E-state index >= 15 is 0 Å². The highest BCUT2D eigenvalue weighted by molar-refractivity contribution is 5.85. The van der Waals surface area contributed by atoms with E-state index < -0.39 is 5.97 Å². The van der Waals surface area contributed by atoms with Gasteiger partial charge in [0.25, 0.3) is 5.56 Å². The van der Waals surface area contributed by atoms with Crippen LogP contribution in [0.15, 0.2) is 29.2 Å². The average Bonchev–Trinajstić information content (AvgIpc) is 2.30. The SMILES string of the molecule is CCCCCn1cccc(/C=C/C(=O)O)c1=O. The zero-order valence-electron chi connectivity index (χ0n) is 9.93. The van der Waals surface area contributed by atoms with Crippen LogP contribution in [0, 0.1) is 0 Å². The summed E-state index contributed by atoms with van der Waals surface area (Å²) in [5.41, 5.74) is 0.271.